The number of aromatic nitrogens is 1. The van der Waals surface area contributed by atoms with Crippen LogP contribution >= 0.6 is 23.1 Å². The first-order chi connectivity index (χ1) is 19.4. The molecule has 12 heteroatoms. The van der Waals surface area contributed by atoms with Crippen molar-refractivity contribution in [2.75, 3.05) is 45.4 Å². The number of hydrogen-bond donors (Lipinski definition) is 0. The van der Waals surface area contributed by atoms with Gasteiger partial charge in [0.2, 0.25) is 17.7 Å². The normalized spacial score (nSPS) is 22.2. The number of thioether (sulfide) groups is 1. The van der Waals surface area contributed by atoms with Gasteiger partial charge < -0.3 is 19.1 Å². The number of imide groups is 1. The van der Waals surface area contributed by atoms with Crippen molar-refractivity contribution in [2.45, 2.75) is 22.7 Å². The van der Waals surface area contributed by atoms with Crippen molar-refractivity contribution < 1.29 is 28.6 Å². The highest BCUT2D eigenvalue weighted by atomic mass is 32.2. The Balaban J connectivity index is 1.42. The van der Waals surface area contributed by atoms with E-state index in [1.807, 2.05) is 12.1 Å². The highest BCUT2D eigenvalue weighted by Crippen LogP contribution is 2.54. The Labute approximate surface area is 238 Å². The summed E-state index contributed by atoms with van der Waals surface area (Å²) in [6.45, 7) is 1.72. The average molecular weight is 582 g/mol. The van der Waals surface area contributed by atoms with E-state index in [0.29, 0.717) is 53.4 Å². The van der Waals surface area contributed by atoms with Gasteiger partial charge >= 0.3 is 4.87 Å². The van der Waals surface area contributed by atoms with E-state index < -0.39 is 17.1 Å². The monoisotopic (exact) mass is 581 g/mol. The molecule has 3 aliphatic rings. The van der Waals surface area contributed by atoms with Crippen LogP contribution < -0.4 is 19.2 Å². The molecule has 3 atom stereocenters. The Kier molecular flexibility index (Phi) is 7.15. The van der Waals surface area contributed by atoms with Crippen LogP contribution in [0.1, 0.15) is 16.4 Å². The quantitative estimate of drug-likeness (QED) is 0.409. The highest BCUT2D eigenvalue weighted by molar-refractivity contribution is 8.00. The molecular weight excluding hydrogens is 554 g/mol. The van der Waals surface area contributed by atoms with Crippen LogP contribution in [-0.2, 0) is 25.7 Å². The summed E-state index contributed by atoms with van der Waals surface area (Å²) in [5.74, 6) is -0.840. The number of amides is 3. The lowest BCUT2D eigenvalue weighted by Crippen LogP contribution is -2.43. The summed E-state index contributed by atoms with van der Waals surface area (Å²) in [5.41, 5.74) is 1.26. The van der Waals surface area contributed by atoms with Gasteiger partial charge in [-0.05, 0) is 42.0 Å². The molecule has 2 saturated heterocycles. The van der Waals surface area contributed by atoms with Crippen LogP contribution in [0, 0.1) is 5.92 Å². The van der Waals surface area contributed by atoms with E-state index in [-0.39, 0.29) is 29.1 Å². The average Bonchev–Trinajstić information content (AvgIpc) is 3.43. The number of nitrogens with zero attached hydrogens (tertiary/aromatic N) is 3. The summed E-state index contributed by atoms with van der Waals surface area (Å²) >= 11 is 2.24. The molecule has 0 aliphatic carbocycles. The SMILES string of the molecule is COc1ccc([C@H]2c3sc(=O)n(CC(=O)N4CCOCC4)c3SC3C(=O)N(c4ccc(OC)cc4)C(=O)C32)cc1. The number of fused-ring (bicyclic) bond motifs is 2. The first kappa shape index (κ1) is 26.6. The second-order valence-electron chi connectivity index (χ2n) is 9.64. The molecule has 0 saturated carbocycles. The first-order valence-corrected chi connectivity index (χ1v) is 14.5. The maximum absolute atomic E-state index is 14.0. The van der Waals surface area contributed by atoms with E-state index in [2.05, 4.69) is 0 Å². The van der Waals surface area contributed by atoms with Gasteiger partial charge in [-0.15, -0.1) is 0 Å². The van der Waals surface area contributed by atoms with E-state index in [0.717, 1.165) is 16.9 Å². The third-order valence-corrected chi connectivity index (χ3v) is 10.1. The number of carbonyl (C=O) groups excluding carboxylic acids is 3. The smallest absolute Gasteiger partial charge is 0.308 e. The van der Waals surface area contributed by atoms with Crippen molar-refractivity contribution in [3.8, 4) is 11.5 Å². The fraction of sp³-hybridized carbons (Fsp3) is 0.357. The van der Waals surface area contributed by atoms with E-state index in [9.17, 15) is 19.2 Å². The number of ether oxygens (including phenoxy) is 3. The molecule has 1 aromatic heterocycles. The number of morpholine rings is 1. The fourth-order valence-corrected chi connectivity index (χ4v) is 8.23. The number of methoxy groups -OCH3 is 2. The van der Waals surface area contributed by atoms with Crippen molar-refractivity contribution in [3.63, 3.8) is 0 Å². The molecule has 4 heterocycles. The molecule has 3 amide bonds. The molecule has 10 nitrogen and oxygen atoms in total. The molecule has 40 heavy (non-hydrogen) atoms. The summed E-state index contributed by atoms with van der Waals surface area (Å²) in [4.78, 5) is 57.5. The van der Waals surface area contributed by atoms with E-state index in [4.69, 9.17) is 14.2 Å². The summed E-state index contributed by atoms with van der Waals surface area (Å²) in [7, 11) is 3.12. The van der Waals surface area contributed by atoms with Crippen LogP contribution in [0.3, 0.4) is 0 Å². The lowest BCUT2D eigenvalue weighted by Gasteiger charge is -2.31. The maximum atomic E-state index is 14.0. The first-order valence-electron chi connectivity index (χ1n) is 12.8. The van der Waals surface area contributed by atoms with Crippen LogP contribution in [-0.4, -0.2) is 73.0 Å². The van der Waals surface area contributed by atoms with E-state index in [1.54, 1.807) is 55.5 Å². The summed E-state index contributed by atoms with van der Waals surface area (Å²) in [5, 5.41) is -0.190. The maximum Gasteiger partial charge on any atom is 0.308 e. The van der Waals surface area contributed by atoms with Crippen LogP contribution in [0.4, 0.5) is 5.69 Å². The zero-order valence-electron chi connectivity index (χ0n) is 21.9. The van der Waals surface area contributed by atoms with Gasteiger partial charge in [0.05, 0.1) is 44.1 Å². The van der Waals surface area contributed by atoms with Crippen molar-refractivity contribution in [2.24, 2.45) is 5.92 Å². The number of carbonyl (C=O) groups is 3. The van der Waals surface area contributed by atoms with Gasteiger partial charge in [-0.3, -0.25) is 23.7 Å². The summed E-state index contributed by atoms with van der Waals surface area (Å²) < 4.78 is 17.4. The van der Waals surface area contributed by atoms with Crippen LogP contribution in [0.2, 0.25) is 0 Å². The number of anilines is 1. The minimum atomic E-state index is -0.757. The van der Waals surface area contributed by atoms with Gasteiger partial charge in [0.25, 0.3) is 0 Å². The van der Waals surface area contributed by atoms with Gasteiger partial charge in [0.1, 0.15) is 23.3 Å². The van der Waals surface area contributed by atoms with Crippen LogP contribution in [0.5, 0.6) is 11.5 Å². The molecule has 6 rings (SSSR count). The predicted octanol–water partition coefficient (Wildman–Crippen LogP) is 2.58. The number of hydrogen-bond acceptors (Lipinski definition) is 9. The lowest BCUT2D eigenvalue weighted by molar-refractivity contribution is -0.136. The Bertz CT molecular complexity index is 1510. The van der Waals surface area contributed by atoms with Gasteiger partial charge in [0.15, 0.2) is 0 Å². The summed E-state index contributed by atoms with van der Waals surface area (Å²) in [6.07, 6.45) is 0. The molecule has 208 valence electrons. The third kappa shape index (κ3) is 4.49. The largest absolute Gasteiger partial charge is 0.497 e. The molecule has 2 fully saturated rings. The van der Waals surface area contributed by atoms with Gasteiger partial charge in [-0.25, -0.2) is 4.90 Å². The second kappa shape index (κ2) is 10.8. The van der Waals surface area contributed by atoms with Crippen molar-refractivity contribution in [1.82, 2.24) is 9.47 Å². The van der Waals surface area contributed by atoms with Gasteiger partial charge in [-0.1, -0.05) is 35.2 Å². The second-order valence-corrected chi connectivity index (χ2v) is 11.8. The number of rotatable bonds is 6. The van der Waals surface area contributed by atoms with Crippen molar-refractivity contribution >= 4 is 46.5 Å². The Morgan fingerprint density at radius 2 is 1.55 bits per heavy atom. The van der Waals surface area contributed by atoms with Crippen LogP contribution in [0.15, 0.2) is 58.4 Å². The molecule has 2 aromatic carbocycles. The molecule has 0 spiro atoms. The Morgan fingerprint density at radius 3 is 2.17 bits per heavy atom. The molecular formula is C28H27N3O7S2. The number of benzene rings is 2. The van der Waals surface area contributed by atoms with Crippen molar-refractivity contribution in [1.29, 1.82) is 0 Å². The topological polar surface area (TPSA) is 107 Å². The lowest BCUT2D eigenvalue weighted by atomic mass is 9.83. The standard InChI is InChI=1S/C28H27N3O7S2/c1-36-18-7-3-16(4-8-18)21-22-23(26(34)31(25(22)33)17-5-9-19(37-2)10-6-17)39-27-24(21)40-28(35)30(27)15-20(32)29-11-13-38-14-12-29/h3-10,21-23H,11-15H2,1-2H3/t21-,22?,23?/m1/s1. The Hall–Kier alpha value is -3.61. The highest BCUT2D eigenvalue weighted by Gasteiger charge is 2.56. The summed E-state index contributed by atoms with van der Waals surface area (Å²) in [6, 6.07) is 14.1. The van der Waals surface area contributed by atoms with Gasteiger partial charge in [-0.2, -0.15) is 0 Å². The van der Waals surface area contributed by atoms with Gasteiger partial charge in [0, 0.05) is 23.9 Å². The predicted molar refractivity (Wildman–Crippen MR) is 149 cm³/mol. The van der Waals surface area contributed by atoms with Crippen LogP contribution in [0.25, 0.3) is 0 Å². The molecule has 2 unspecified atom stereocenters. The molecule has 3 aromatic rings. The fourth-order valence-electron chi connectivity index (χ4n) is 5.46. The zero-order valence-corrected chi connectivity index (χ0v) is 23.5. The van der Waals surface area contributed by atoms with E-state index in [1.165, 1.54) is 21.2 Å². The number of thiazole rings is 1. The zero-order chi connectivity index (χ0) is 28.0. The minimum absolute atomic E-state index is 0.130. The van der Waals surface area contributed by atoms with E-state index >= 15 is 0 Å². The molecule has 3 aliphatic heterocycles. The molecule has 0 radical (unpaired) electrons. The molecule has 0 N–H and O–H groups in total. The third-order valence-electron chi connectivity index (χ3n) is 7.51. The Morgan fingerprint density at radius 1 is 0.925 bits per heavy atom. The minimum Gasteiger partial charge on any atom is -0.497 e. The van der Waals surface area contributed by atoms with Crippen molar-refractivity contribution in [3.05, 3.63) is 68.6 Å². The molecule has 0 bridgehead atoms.